The first kappa shape index (κ1) is 11.2. The standard InChI is InChI=1S/C14H20N2/c1-3-16-10-12(5-4-8-15)13-7-6-11(2)9-14(13)16/h6-7,9-10H,3-5,8,15H2,1-2H3. The summed E-state index contributed by atoms with van der Waals surface area (Å²) in [7, 11) is 0. The van der Waals surface area contributed by atoms with E-state index in [9.17, 15) is 0 Å². The molecule has 2 heteroatoms. The van der Waals surface area contributed by atoms with Gasteiger partial charge in [0.2, 0.25) is 0 Å². The molecule has 0 aliphatic heterocycles. The summed E-state index contributed by atoms with van der Waals surface area (Å²) in [6.07, 6.45) is 4.43. The number of aryl methyl sites for hydroxylation is 3. The Bertz CT molecular complexity index is 483. The molecular weight excluding hydrogens is 196 g/mol. The molecule has 1 aromatic heterocycles. The zero-order valence-corrected chi connectivity index (χ0v) is 10.2. The summed E-state index contributed by atoms with van der Waals surface area (Å²) in [5, 5.41) is 1.39. The molecule has 86 valence electrons. The van der Waals surface area contributed by atoms with E-state index in [2.05, 4.69) is 42.8 Å². The van der Waals surface area contributed by atoms with E-state index in [0.717, 1.165) is 25.9 Å². The van der Waals surface area contributed by atoms with E-state index in [4.69, 9.17) is 5.73 Å². The molecule has 0 saturated carbocycles. The quantitative estimate of drug-likeness (QED) is 0.837. The molecule has 1 aromatic carbocycles. The van der Waals surface area contributed by atoms with E-state index in [1.54, 1.807) is 0 Å². The summed E-state index contributed by atoms with van der Waals surface area (Å²) in [6.45, 7) is 6.13. The minimum absolute atomic E-state index is 0.769. The molecule has 2 rings (SSSR count). The molecule has 0 aliphatic carbocycles. The van der Waals surface area contributed by atoms with Crippen molar-refractivity contribution in [3.63, 3.8) is 0 Å². The second kappa shape index (κ2) is 4.71. The molecule has 0 spiro atoms. The van der Waals surface area contributed by atoms with Crippen LogP contribution in [0, 0.1) is 6.92 Å². The van der Waals surface area contributed by atoms with Crippen LogP contribution in [0.2, 0.25) is 0 Å². The Morgan fingerprint density at radius 1 is 1.31 bits per heavy atom. The first-order valence-electron chi connectivity index (χ1n) is 6.04. The Morgan fingerprint density at radius 3 is 2.81 bits per heavy atom. The molecule has 0 radical (unpaired) electrons. The van der Waals surface area contributed by atoms with E-state index in [0.29, 0.717) is 0 Å². The van der Waals surface area contributed by atoms with Crippen molar-refractivity contribution < 1.29 is 0 Å². The Labute approximate surface area is 97.1 Å². The lowest BCUT2D eigenvalue weighted by molar-refractivity contribution is 0.781. The largest absolute Gasteiger partial charge is 0.347 e. The van der Waals surface area contributed by atoms with Crippen LogP contribution in [-0.2, 0) is 13.0 Å². The van der Waals surface area contributed by atoms with Crippen LogP contribution in [0.4, 0.5) is 0 Å². The highest BCUT2D eigenvalue weighted by molar-refractivity contribution is 5.84. The van der Waals surface area contributed by atoms with E-state index in [1.165, 1.54) is 22.0 Å². The van der Waals surface area contributed by atoms with Gasteiger partial charge in [0, 0.05) is 23.6 Å². The maximum atomic E-state index is 5.58. The Morgan fingerprint density at radius 2 is 2.12 bits per heavy atom. The Balaban J connectivity index is 2.50. The van der Waals surface area contributed by atoms with Crippen LogP contribution in [0.15, 0.2) is 24.4 Å². The zero-order valence-electron chi connectivity index (χ0n) is 10.2. The smallest absolute Gasteiger partial charge is 0.0485 e. The maximum absolute atomic E-state index is 5.58. The van der Waals surface area contributed by atoms with Crippen LogP contribution >= 0.6 is 0 Å². The highest BCUT2D eigenvalue weighted by atomic mass is 14.9. The highest BCUT2D eigenvalue weighted by Gasteiger charge is 2.06. The first-order chi connectivity index (χ1) is 7.76. The lowest BCUT2D eigenvalue weighted by Gasteiger charge is -2.00. The number of hydrogen-bond donors (Lipinski definition) is 1. The van der Waals surface area contributed by atoms with Crippen molar-refractivity contribution in [2.75, 3.05) is 6.54 Å². The third kappa shape index (κ3) is 1.98. The van der Waals surface area contributed by atoms with Gasteiger partial charge in [-0.2, -0.15) is 0 Å². The molecule has 0 atom stereocenters. The van der Waals surface area contributed by atoms with Gasteiger partial charge < -0.3 is 10.3 Å². The van der Waals surface area contributed by atoms with Crippen molar-refractivity contribution in [1.29, 1.82) is 0 Å². The van der Waals surface area contributed by atoms with Gasteiger partial charge in [0.1, 0.15) is 0 Å². The van der Waals surface area contributed by atoms with Crippen LogP contribution in [0.1, 0.15) is 24.5 Å². The summed E-state index contributed by atoms with van der Waals surface area (Å²) in [5.74, 6) is 0. The van der Waals surface area contributed by atoms with Gasteiger partial charge in [-0.05, 0) is 50.4 Å². The van der Waals surface area contributed by atoms with Crippen LogP contribution in [0.5, 0.6) is 0 Å². The second-order valence-electron chi connectivity index (χ2n) is 4.35. The molecule has 0 amide bonds. The third-order valence-corrected chi connectivity index (χ3v) is 3.11. The number of benzene rings is 1. The lowest BCUT2D eigenvalue weighted by atomic mass is 10.1. The van der Waals surface area contributed by atoms with Gasteiger partial charge in [-0.3, -0.25) is 0 Å². The molecule has 0 unspecified atom stereocenters. The van der Waals surface area contributed by atoms with Crippen LogP contribution in [0.3, 0.4) is 0 Å². The predicted molar refractivity (Wildman–Crippen MR) is 69.7 cm³/mol. The molecule has 0 fully saturated rings. The summed E-state index contributed by atoms with van der Waals surface area (Å²) in [4.78, 5) is 0. The fraction of sp³-hybridized carbons (Fsp3) is 0.429. The fourth-order valence-electron chi connectivity index (χ4n) is 2.23. The van der Waals surface area contributed by atoms with Crippen molar-refractivity contribution in [3.05, 3.63) is 35.5 Å². The molecule has 2 nitrogen and oxygen atoms in total. The van der Waals surface area contributed by atoms with Crippen LogP contribution in [-0.4, -0.2) is 11.1 Å². The van der Waals surface area contributed by atoms with Gasteiger partial charge >= 0.3 is 0 Å². The summed E-state index contributed by atoms with van der Waals surface area (Å²) in [5.41, 5.74) is 9.69. The van der Waals surface area contributed by atoms with Gasteiger partial charge in [0.05, 0.1) is 0 Å². The Kier molecular flexibility index (Phi) is 3.30. The van der Waals surface area contributed by atoms with E-state index in [1.807, 2.05) is 0 Å². The maximum Gasteiger partial charge on any atom is 0.0485 e. The van der Waals surface area contributed by atoms with Gasteiger partial charge in [-0.25, -0.2) is 0 Å². The topological polar surface area (TPSA) is 30.9 Å². The number of hydrogen-bond acceptors (Lipinski definition) is 1. The molecule has 0 bridgehead atoms. The lowest BCUT2D eigenvalue weighted by Crippen LogP contribution is -1.99. The van der Waals surface area contributed by atoms with Crippen molar-refractivity contribution >= 4 is 10.9 Å². The fourth-order valence-corrected chi connectivity index (χ4v) is 2.23. The molecule has 2 N–H and O–H groups in total. The monoisotopic (exact) mass is 216 g/mol. The number of nitrogens with zero attached hydrogens (tertiary/aromatic N) is 1. The first-order valence-corrected chi connectivity index (χ1v) is 6.04. The number of nitrogens with two attached hydrogens (primary N) is 1. The van der Waals surface area contributed by atoms with Crippen molar-refractivity contribution in [2.24, 2.45) is 5.73 Å². The summed E-state index contributed by atoms with van der Waals surface area (Å²) < 4.78 is 2.33. The van der Waals surface area contributed by atoms with Gasteiger partial charge in [0.15, 0.2) is 0 Å². The molecule has 0 aliphatic rings. The predicted octanol–water partition coefficient (Wildman–Crippen LogP) is 2.86. The van der Waals surface area contributed by atoms with Crippen molar-refractivity contribution in [2.45, 2.75) is 33.2 Å². The average Bonchev–Trinajstić information content (AvgIpc) is 2.63. The molecule has 2 aromatic rings. The SMILES string of the molecule is CCn1cc(CCCN)c2ccc(C)cc21. The molecular formula is C14H20N2. The van der Waals surface area contributed by atoms with Gasteiger partial charge in [-0.15, -0.1) is 0 Å². The molecule has 0 saturated heterocycles. The van der Waals surface area contributed by atoms with Crippen molar-refractivity contribution in [1.82, 2.24) is 4.57 Å². The summed E-state index contributed by atoms with van der Waals surface area (Å²) >= 11 is 0. The van der Waals surface area contributed by atoms with Gasteiger partial charge in [0.25, 0.3) is 0 Å². The van der Waals surface area contributed by atoms with Gasteiger partial charge in [-0.1, -0.05) is 12.1 Å². The molecule has 16 heavy (non-hydrogen) atoms. The number of aromatic nitrogens is 1. The molecule has 1 heterocycles. The minimum Gasteiger partial charge on any atom is -0.347 e. The second-order valence-corrected chi connectivity index (χ2v) is 4.35. The Hall–Kier alpha value is -1.28. The minimum atomic E-state index is 0.769. The normalized spacial score (nSPS) is 11.2. The number of rotatable bonds is 4. The van der Waals surface area contributed by atoms with Crippen LogP contribution in [0.25, 0.3) is 10.9 Å². The average molecular weight is 216 g/mol. The third-order valence-electron chi connectivity index (χ3n) is 3.11. The van der Waals surface area contributed by atoms with Crippen molar-refractivity contribution in [3.8, 4) is 0 Å². The van der Waals surface area contributed by atoms with E-state index < -0.39 is 0 Å². The van der Waals surface area contributed by atoms with Crippen LogP contribution < -0.4 is 5.73 Å². The van der Waals surface area contributed by atoms with E-state index >= 15 is 0 Å². The zero-order chi connectivity index (χ0) is 11.5. The highest BCUT2D eigenvalue weighted by Crippen LogP contribution is 2.23. The summed E-state index contributed by atoms with van der Waals surface area (Å²) in [6, 6.07) is 6.70. The number of fused-ring (bicyclic) bond motifs is 1. The van der Waals surface area contributed by atoms with E-state index in [-0.39, 0.29) is 0 Å².